The van der Waals surface area contributed by atoms with Crippen LogP contribution in [-0.4, -0.2) is 24.6 Å². The Morgan fingerprint density at radius 1 is 1.53 bits per heavy atom. The van der Waals surface area contributed by atoms with Crippen molar-refractivity contribution in [1.82, 2.24) is 0 Å². The molecule has 0 amide bonds. The number of non-ortho nitro benzene ring substituents is 1. The summed E-state index contributed by atoms with van der Waals surface area (Å²) < 4.78 is 5.24. The molecule has 0 heterocycles. The van der Waals surface area contributed by atoms with Gasteiger partial charge in [-0.1, -0.05) is 6.42 Å². The molecule has 6 heteroatoms. The molecule has 1 aromatic rings. The molecule has 2 rings (SSSR count). The molecule has 1 aliphatic rings. The van der Waals surface area contributed by atoms with Gasteiger partial charge in [0.05, 0.1) is 17.7 Å². The van der Waals surface area contributed by atoms with Crippen LogP contribution in [0.3, 0.4) is 0 Å². The zero-order valence-corrected chi connectivity index (χ0v) is 11.0. The summed E-state index contributed by atoms with van der Waals surface area (Å²) in [6, 6.07) is 4.84. The number of nitrogens with two attached hydrogens (primary N) is 1. The minimum absolute atomic E-state index is 0.0607. The average molecular weight is 265 g/mol. The maximum Gasteiger partial charge on any atom is 0.271 e. The zero-order chi connectivity index (χ0) is 13.8. The number of ether oxygens (including phenoxy) is 1. The molecule has 3 N–H and O–H groups in total. The number of benzene rings is 1. The summed E-state index contributed by atoms with van der Waals surface area (Å²) in [5.41, 5.74) is 6.48. The third-order valence-corrected chi connectivity index (χ3v) is 3.70. The van der Waals surface area contributed by atoms with E-state index < -0.39 is 4.92 Å². The van der Waals surface area contributed by atoms with Crippen LogP contribution in [0.25, 0.3) is 0 Å². The highest BCUT2D eigenvalue weighted by Gasteiger charge is 2.27. The van der Waals surface area contributed by atoms with E-state index >= 15 is 0 Å². The standard InChI is InChI=1S/C13H19N3O3/c1-19-13-6-5-10(16(17)18)7-12(13)15-11-4-2-3-9(11)8-14/h5-7,9,11,15H,2-4,8,14H2,1H3. The highest BCUT2D eigenvalue weighted by atomic mass is 16.6. The fourth-order valence-corrected chi connectivity index (χ4v) is 2.63. The number of nitrogens with zero attached hydrogens (tertiary/aromatic N) is 1. The molecule has 6 nitrogen and oxygen atoms in total. The topological polar surface area (TPSA) is 90.4 Å². The predicted molar refractivity (Wildman–Crippen MR) is 73.5 cm³/mol. The summed E-state index contributed by atoms with van der Waals surface area (Å²) in [5, 5.41) is 14.2. The number of nitro groups is 1. The summed E-state index contributed by atoms with van der Waals surface area (Å²) in [4.78, 5) is 10.4. The lowest BCUT2D eigenvalue weighted by Gasteiger charge is -2.21. The third kappa shape index (κ3) is 2.96. The number of hydrogen-bond acceptors (Lipinski definition) is 5. The number of rotatable bonds is 5. The van der Waals surface area contributed by atoms with Gasteiger partial charge in [0.1, 0.15) is 5.75 Å². The Labute approximate surface area is 112 Å². The van der Waals surface area contributed by atoms with Crippen LogP contribution in [0.4, 0.5) is 11.4 Å². The average Bonchev–Trinajstić information content (AvgIpc) is 2.85. The third-order valence-electron chi connectivity index (χ3n) is 3.70. The van der Waals surface area contributed by atoms with Gasteiger partial charge < -0.3 is 15.8 Å². The van der Waals surface area contributed by atoms with E-state index in [1.807, 2.05) is 0 Å². The normalized spacial score (nSPS) is 22.2. The van der Waals surface area contributed by atoms with Gasteiger partial charge >= 0.3 is 0 Å². The van der Waals surface area contributed by atoms with Crippen molar-refractivity contribution in [3.8, 4) is 5.75 Å². The Hall–Kier alpha value is -1.82. The highest BCUT2D eigenvalue weighted by Crippen LogP contribution is 2.33. The zero-order valence-electron chi connectivity index (χ0n) is 11.0. The molecule has 104 valence electrons. The molecule has 2 atom stereocenters. The molecule has 0 saturated heterocycles. The van der Waals surface area contributed by atoms with Crippen molar-refractivity contribution in [1.29, 1.82) is 0 Å². The molecule has 1 aliphatic carbocycles. The summed E-state index contributed by atoms with van der Waals surface area (Å²) in [6.07, 6.45) is 3.27. The molecular weight excluding hydrogens is 246 g/mol. The number of methoxy groups -OCH3 is 1. The largest absolute Gasteiger partial charge is 0.495 e. The number of anilines is 1. The first-order chi connectivity index (χ1) is 9.15. The van der Waals surface area contributed by atoms with Crippen LogP contribution in [0.15, 0.2) is 18.2 Å². The Balaban J connectivity index is 2.22. The molecule has 1 aromatic carbocycles. The second kappa shape index (κ2) is 5.88. The van der Waals surface area contributed by atoms with Crippen LogP contribution in [0.2, 0.25) is 0 Å². The number of nitro benzene ring substituents is 1. The monoisotopic (exact) mass is 265 g/mol. The molecule has 1 fully saturated rings. The van der Waals surface area contributed by atoms with E-state index in [1.165, 1.54) is 12.1 Å². The van der Waals surface area contributed by atoms with Crippen LogP contribution >= 0.6 is 0 Å². The first-order valence-corrected chi connectivity index (χ1v) is 6.44. The molecule has 1 saturated carbocycles. The van der Waals surface area contributed by atoms with Crippen molar-refractivity contribution in [3.05, 3.63) is 28.3 Å². The van der Waals surface area contributed by atoms with Crippen LogP contribution in [0, 0.1) is 16.0 Å². The lowest BCUT2D eigenvalue weighted by molar-refractivity contribution is -0.384. The Morgan fingerprint density at radius 3 is 2.95 bits per heavy atom. The Morgan fingerprint density at radius 2 is 2.32 bits per heavy atom. The number of hydrogen-bond donors (Lipinski definition) is 2. The van der Waals surface area contributed by atoms with Crippen LogP contribution in [0.1, 0.15) is 19.3 Å². The Kier molecular flexibility index (Phi) is 4.21. The maximum atomic E-state index is 10.8. The van der Waals surface area contributed by atoms with Gasteiger partial charge in [0.25, 0.3) is 5.69 Å². The molecule has 0 bridgehead atoms. The van der Waals surface area contributed by atoms with E-state index in [0.717, 1.165) is 19.3 Å². The van der Waals surface area contributed by atoms with E-state index in [0.29, 0.717) is 23.9 Å². The molecule has 0 aromatic heterocycles. The molecule has 2 unspecified atom stereocenters. The van der Waals surface area contributed by atoms with Gasteiger partial charge in [-0.25, -0.2) is 0 Å². The van der Waals surface area contributed by atoms with Gasteiger partial charge in [-0.2, -0.15) is 0 Å². The van der Waals surface area contributed by atoms with Crippen LogP contribution < -0.4 is 15.8 Å². The Bertz CT molecular complexity index is 464. The highest BCUT2D eigenvalue weighted by molar-refractivity contribution is 5.62. The first-order valence-electron chi connectivity index (χ1n) is 6.44. The fraction of sp³-hybridized carbons (Fsp3) is 0.538. The van der Waals surface area contributed by atoms with E-state index in [1.54, 1.807) is 13.2 Å². The summed E-state index contributed by atoms with van der Waals surface area (Å²) in [5.74, 6) is 1.04. The van der Waals surface area contributed by atoms with Gasteiger partial charge in [0.2, 0.25) is 0 Å². The van der Waals surface area contributed by atoms with Crippen LogP contribution in [-0.2, 0) is 0 Å². The smallest absolute Gasteiger partial charge is 0.271 e. The van der Waals surface area contributed by atoms with Crippen molar-refractivity contribution in [2.45, 2.75) is 25.3 Å². The SMILES string of the molecule is COc1ccc([N+](=O)[O-])cc1NC1CCCC1CN. The van der Waals surface area contributed by atoms with Crippen molar-refractivity contribution in [2.75, 3.05) is 19.0 Å². The second-order valence-corrected chi connectivity index (χ2v) is 4.82. The molecule has 0 aliphatic heterocycles. The maximum absolute atomic E-state index is 10.8. The van der Waals surface area contributed by atoms with E-state index in [-0.39, 0.29) is 11.7 Å². The van der Waals surface area contributed by atoms with Crippen LogP contribution in [0.5, 0.6) is 5.75 Å². The lowest BCUT2D eigenvalue weighted by Crippen LogP contribution is -2.29. The van der Waals surface area contributed by atoms with E-state index in [2.05, 4.69) is 5.32 Å². The first kappa shape index (κ1) is 13.6. The van der Waals surface area contributed by atoms with E-state index in [9.17, 15) is 10.1 Å². The van der Waals surface area contributed by atoms with Gasteiger partial charge in [-0.3, -0.25) is 10.1 Å². The fourth-order valence-electron chi connectivity index (χ4n) is 2.63. The van der Waals surface area contributed by atoms with Crippen molar-refractivity contribution in [2.24, 2.45) is 11.7 Å². The van der Waals surface area contributed by atoms with Crippen molar-refractivity contribution >= 4 is 11.4 Å². The van der Waals surface area contributed by atoms with Crippen molar-refractivity contribution in [3.63, 3.8) is 0 Å². The molecular formula is C13H19N3O3. The quantitative estimate of drug-likeness (QED) is 0.628. The summed E-state index contributed by atoms with van der Waals surface area (Å²) in [6.45, 7) is 0.634. The van der Waals surface area contributed by atoms with Gasteiger partial charge in [0, 0.05) is 18.2 Å². The lowest BCUT2D eigenvalue weighted by atomic mass is 10.0. The van der Waals surface area contributed by atoms with Crippen molar-refractivity contribution < 1.29 is 9.66 Å². The molecule has 0 spiro atoms. The van der Waals surface area contributed by atoms with E-state index in [4.69, 9.17) is 10.5 Å². The summed E-state index contributed by atoms with van der Waals surface area (Å²) in [7, 11) is 1.56. The minimum atomic E-state index is -0.403. The molecule has 19 heavy (non-hydrogen) atoms. The number of nitrogens with one attached hydrogen (secondary N) is 1. The predicted octanol–water partition coefficient (Wildman–Crippen LogP) is 2.14. The molecule has 0 radical (unpaired) electrons. The van der Waals surface area contributed by atoms with Gasteiger partial charge in [0.15, 0.2) is 0 Å². The van der Waals surface area contributed by atoms with Gasteiger partial charge in [-0.05, 0) is 31.4 Å². The second-order valence-electron chi connectivity index (χ2n) is 4.82. The van der Waals surface area contributed by atoms with Gasteiger partial charge in [-0.15, -0.1) is 0 Å². The summed E-state index contributed by atoms with van der Waals surface area (Å²) >= 11 is 0. The minimum Gasteiger partial charge on any atom is -0.495 e.